The maximum atomic E-state index is 13.8. The number of benzene rings is 2. The summed E-state index contributed by atoms with van der Waals surface area (Å²) in [5.74, 6) is -0.173. The number of aliphatic hydroxyl groups excluding tert-OH is 1. The molecule has 0 aliphatic carbocycles. The van der Waals surface area contributed by atoms with E-state index in [0.29, 0.717) is 30.3 Å². The Hall–Kier alpha value is -3.27. The average Bonchev–Trinajstić information content (AvgIpc) is 3.53. The van der Waals surface area contributed by atoms with Crippen LogP contribution in [0.1, 0.15) is 47.8 Å². The summed E-state index contributed by atoms with van der Waals surface area (Å²) in [5.41, 5.74) is 6.21. The molecule has 2 aromatic heterocycles. The summed E-state index contributed by atoms with van der Waals surface area (Å²) in [5, 5.41) is 23.6. The first-order chi connectivity index (χ1) is 19.4. The number of amides is 1. The topological polar surface area (TPSA) is 87.4 Å². The molecule has 3 heterocycles. The molecule has 9 heteroatoms. The molecule has 3 N–H and O–H groups in total. The fourth-order valence-electron chi connectivity index (χ4n) is 5.50. The van der Waals surface area contributed by atoms with Gasteiger partial charge in [0.15, 0.2) is 0 Å². The summed E-state index contributed by atoms with van der Waals surface area (Å²) in [6.45, 7) is 9.14. The Morgan fingerprint density at radius 2 is 1.98 bits per heavy atom. The molecule has 40 heavy (non-hydrogen) atoms. The van der Waals surface area contributed by atoms with E-state index in [9.17, 15) is 9.90 Å². The van der Waals surface area contributed by atoms with Crippen LogP contribution in [0.2, 0.25) is 0 Å². The van der Waals surface area contributed by atoms with Gasteiger partial charge in [0, 0.05) is 67.4 Å². The molecule has 1 amide bonds. The van der Waals surface area contributed by atoms with Gasteiger partial charge in [0.25, 0.3) is 5.91 Å². The van der Waals surface area contributed by atoms with Gasteiger partial charge in [-0.1, -0.05) is 37.3 Å². The normalized spacial score (nSPS) is 16.6. The van der Waals surface area contributed by atoms with Crippen molar-refractivity contribution in [3.8, 4) is 0 Å². The zero-order valence-corrected chi connectivity index (χ0v) is 24.6. The highest BCUT2D eigenvalue weighted by Gasteiger charge is 2.26. The van der Waals surface area contributed by atoms with Crippen LogP contribution in [0.4, 0.5) is 5.69 Å². The molecule has 212 valence electrons. The Morgan fingerprint density at radius 1 is 1.18 bits per heavy atom. The SMILES string of the molecule is CCc1cn2c3c(cc(C(=O)N[C@@H](Cc4ccccc4)[C@H](O)CNCc4cnn(CC)c4)cc13)N(C)SC(C)C2. The molecule has 0 saturated carbocycles. The van der Waals surface area contributed by atoms with E-state index >= 15 is 0 Å². The van der Waals surface area contributed by atoms with Gasteiger partial charge in [-0.25, -0.2) is 0 Å². The summed E-state index contributed by atoms with van der Waals surface area (Å²) < 4.78 is 6.41. The number of aliphatic hydroxyl groups is 1. The number of carbonyl (C=O) groups is 1. The van der Waals surface area contributed by atoms with Crippen molar-refractivity contribution in [2.45, 2.75) is 70.6 Å². The predicted molar refractivity (Wildman–Crippen MR) is 164 cm³/mol. The minimum absolute atomic E-state index is 0.173. The Balaban J connectivity index is 1.38. The highest BCUT2D eigenvalue weighted by molar-refractivity contribution is 8.01. The van der Waals surface area contributed by atoms with Crippen molar-refractivity contribution in [2.75, 3.05) is 17.9 Å². The van der Waals surface area contributed by atoms with Crippen LogP contribution in [0.15, 0.2) is 61.1 Å². The molecule has 4 aromatic rings. The molecule has 1 aliphatic heterocycles. The lowest BCUT2D eigenvalue weighted by Gasteiger charge is -2.25. The number of aromatic nitrogens is 3. The van der Waals surface area contributed by atoms with Crippen molar-refractivity contribution >= 4 is 34.4 Å². The fraction of sp³-hybridized carbons (Fsp3) is 0.419. The van der Waals surface area contributed by atoms with Crippen LogP contribution in [-0.4, -0.2) is 56.3 Å². The third-order valence-corrected chi connectivity index (χ3v) is 8.60. The van der Waals surface area contributed by atoms with Crippen LogP contribution in [0, 0.1) is 0 Å². The highest BCUT2D eigenvalue weighted by Crippen LogP contribution is 2.39. The molecule has 0 radical (unpaired) electrons. The first kappa shape index (κ1) is 28.3. The fourth-order valence-corrected chi connectivity index (χ4v) is 6.52. The number of rotatable bonds is 11. The summed E-state index contributed by atoms with van der Waals surface area (Å²) >= 11 is 1.79. The van der Waals surface area contributed by atoms with Crippen LogP contribution in [-0.2, 0) is 32.5 Å². The largest absolute Gasteiger partial charge is 0.390 e. The molecule has 0 saturated heterocycles. The van der Waals surface area contributed by atoms with E-state index in [1.54, 1.807) is 11.9 Å². The van der Waals surface area contributed by atoms with E-state index in [2.05, 4.69) is 58.6 Å². The van der Waals surface area contributed by atoms with E-state index in [0.717, 1.165) is 41.7 Å². The standard InChI is InChI=1S/C31H40N6O2S/c1-5-24-20-36-18-21(3)40-35(4)28-14-25(13-26(24)30(28)36)31(39)34-27(12-22-10-8-7-9-11-22)29(38)17-32-15-23-16-33-37(6-2)19-23/h7-11,13-14,16,19-21,27,29,32,38H,5-6,12,15,17-18H2,1-4H3,(H,34,39)/t21?,27-,29+/m0/s1. The van der Waals surface area contributed by atoms with E-state index in [1.165, 1.54) is 11.1 Å². The average molecular weight is 561 g/mol. The van der Waals surface area contributed by atoms with Gasteiger partial charge in [0.05, 0.1) is 29.5 Å². The lowest BCUT2D eigenvalue weighted by atomic mass is 9.99. The maximum absolute atomic E-state index is 13.8. The number of carbonyl (C=O) groups excluding carboxylic acids is 1. The minimum Gasteiger partial charge on any atom is -0.390 e. The van der Waals surface area contributed by atoms with Gasteiger partial charge in [-0.3, -0.25) is 9.48 Å². The van der Waals surface area contributed by atoms with Crippen LogP contribution >= 0.6 is 11.9 Å². The van der Waals surface area contributed by atoms with Gasteiger partial charge in [0.2, 0.25) is 0 Å². The van der Waals surface area contributed by atoms with E-state index in [4.69, 9.17) is 0 Å². The molecule has 1 unspecified atom stereocenters. The van der Waals surface area contributed by atoms with Crippen molar-refractivity contribution in [3.05, 3.63) is 83.3 Å². The minimum atomic E-state index is -0.776. The highest BCUT2D eigenvalue weighted by atomic mass is 32.2. The maximum Gasteiger partial charge on any atom is 0.251 e. The Labute approximate surface area is 240 Å². The van der Waals surface area contributed by atoms with Gasteiger partial charge >= 0.3 is 0 Å². The lowest BCUT2D eigenvalue weighted by Crippen LogP contribution is -2.48. The first-order valence-corrected chi connectivity index (χ1v) is 15.0. The number of anilines is 1. The molecule has 2 aromatic carbocycles. The molecule has 0 fully saturated rings. The summed E-state index contributed by atoms with van der Waals surface area (Å²) in [4.78, 5) is 13.8. The first-order valence-electron chi connectivity index (χ1n) is 14.2. The molecule has 8 nitrogen and oxygen atoms in total. The number of nitrogens with one attached hydrogen (secondary N) is 2. The van der Waals surface area contributed by atoms with Gasteiger partial charge in [-0.15, -0.1) is 0 Å². The van der Waals surface area contributed by atoms with Crippen LogP contribution in [0.5, 0.6) is 0 Å². The van der Waals surface area contributed by atoms with Crippen molar-refractivity contribution in [2.24, 2.45) is 0 Å². The third-order valence-electron chi connectivity index (χ3n) is 7.58. The van der Waals surface area contributed by atoms with Crippen LogP contribution < -0.4 is 14.9 Å². The van der Waals surface area contributed by atoms with Crippen LogP contribution in [0.3, 0.4) is 0 Å². The zero-order valence-electron chi connectivity index (χ0n) is 23.8. The quantitative estimate of drug-likeness (QED) is 0.236. The Bertz CT molecular complexity index is 1450. The number of hydrogen-bond donors (Lipinski definition) is 3. The van der Waals surface area contributed by atoms with Gasteiger partial charge in [-0.05, 0) is 61.9 Å². The van der Waals surface area contributed by atoms with E-state index in [-0.39, 0.29) is 5.91 Å². The second kappa shape index (κ2) is 12.5. The number of aryl methyl sites for hydroxylation is 2. The monoisotopic (exact) mass is 560 g/mol. The number of nitrogens with zero attached hydrogens (tertiary/aromatic N) is 4. The Kier molecular flexibility index (Phi) is 8.83. The number of hydrogen-bond acceptors (Lipinski definition) is 6. The van der Waals surface area contributed by atoms with Gasteiger partial charge in [-0.2, -0.15) is 5.10 Å². The summed E-state index contributed by atoms with van der Waals surface area (Å²) in [6.07, 6.45) is 6.73. The molecular formula is C31H40N6O2S. The van der Waals surface area contributed by atoms with Crippen molar-refractivity contribution in [3.63, 3.8) is 0 Å². The third kappa shape index (κ3) is 6.22. The molecule has 5 rings (SSSR count). The van der Waals surface area contributed by atoms with Crippen molar-refractivity contribution < 1.29 is 9.90 Å². The molecule has 0 spiro atoms. The van der Waals surface area contributed by atoms with Crippen LogP contribution in [0.25, 0.3) is 10.9 Å². The molecule has 0 bridgehead atoms. The second-order valence-electron chi connectivity index (χ2n) is 10.6. The summed E-state index contributed by atoms with van der Waals surface area (Å²) in [7, 11) is 2.07. The molecule has 3 atom stereocenters. The zero-order chi connectivity index (χ0) is 28.2. The Morgan fingerprint density at radius 3 is 2.70 bits per heavy atom. The molecule has 1 aliphatic rings. The molecular weight excluding hydrogens is 520 g/mol. The van der Waals surface area contributed by atoms with Gasteiger partial charge in [0.1, 0.15) is 0 Å². The summed E-state index contributed by atoms with van der Waals surface area (Å²) in [6, 6.07) is 13.6. The smallest absolute Gasteiger partial charge is 0.251 e. The second-order valence-corrected chi connectivity index (χ2v) is 12.2. The van der Waals surface area contributed by atoms with E-state index < -0.39 is 12.1 Å². The van der Waals surface area contributed by atoms with Gasteiger partial charge < -0.3 is 24.6 Å². The van der Waals surface area contributed by atoms with Crippen molar-refractivity contribution in [1.29, 1.82) is 0 Å². The predicted octanol–water partition coefficient (Wildman–Crippen LogP) is 4.40. The van der Waals surface area contributed by atoms with Crippen molar-refractivity contribution in [1.82, 2.24) is 25.0 Å². The lowest BCUT2D eigenvalue weighted by molar-refractivity contribution is 0.0830. The van der Waals surface area contributed by atoms with E-state index in [1.807, 2.05) is 59.5 Å².